The zero-order chi connectivity index (χ0) is 14.9. The van der Waals surface area contributed by atoms with Gasteiger partial charge in [-0.2, -0.15) is 5.10 Å². The molecule has 0 bridgehead atoms. The van der Waals surface area contributed by atoms with Crippen molar-refractivity contribution >= 4 is 33.1 Å². The van der Waals surface area contributed by atoms with E-state index in [1.165, 1.54) is 18.2 Å². The Morgan fingerprint density at radius 1 is 1.35 bits per heavy atom. The Bertz CT molecular complexity index is 725. The summed E-state index contributed by atoms with van der Waals surface area (Å²) in [6.07, 6.45) is 0. The lowest BCUT2D eigenvalue weighted by molar-refractivity contribution is 0.601. The van der Waals surface area contributed by atoms with Gasteiger partial charge in [0.25, 0.3) is 10.0 Å². The molecule has 0 unspecified atom stereocenters. The zero-order valence-corrected chi connectivity index (χ0v) is 12.6. The third kappa shape index (κ3) is 3.05. The fourth-order valence-electron chi connectivity index (χ4n) is 1.57. The van der Waals surface area contributed by atoms with Crippen molar-refractivity contribution in [1.82, 2.24) is 10.2 Å². The van der Waals surface area contributed by atoms with E-state index in [4.69, 9.17) is 17.3 Å². The number of sulfonamides is 1. The highest BCUT2D eigenvalue weighted by molar-refractivity contribution is 7.92. The van der Waals surface area contributed by atoms with Gasteiger partial charge in [0.05, 0.1) is 15.6 Å². The number of aromatic nitrogens is 2. The molecular weight excluding hydrogens is 300 g/mol. The second-order valence-corrected chi connectivity index (χ2v) is 6.74. The summed E-state index contributed by atoms with van der Waals surface area (Å²) in [5.74, 6) is 0.467. The smallest absolute Gasteiger partial charge is 0.263 e. The number of halogens is 1. The highest BCUT2D eigenvalue weighted by atomic mass is 35.5. The SMILES string of the molecule is CC(C)c1cc(NS(=O)(=O)c2ccc(Cl)c(N)c2)n[nH]1. The molecule has 2 aromatic rings. The van der Waals surface area contributed by atoms with Crippen LogP contribution in [0.2, 0.25) is 5.02 Å². The van der Waals surface area contributed by atoms with Crippen molar-refractivity contribution in [3.05, 3.63) is 35.0 Å². The number of nitrogens with zero attached hydrogens (tertiary/aromatic N) is 1. The van der Waals surface area contributed by atoms with Crippen LogP contribution in [0.25, 0.3) is 0 Å². The first-order valence-corrected chi connectivity index (χ1v) is 7.79. The van der Waals surface area contributed by atoms with E-state index < -0.39 is 10.0 Å². The van der Waals surface area contributed by atoms with Gasteiger partial charge >= 0.3 is 0 Å². The molecule has 0 aliphatic carbocycles. The van der Waals surface area contributed by atoms with Crippen LogP contribution >= 0.6 is 11.6 Å². The molecule has 0 fully saturated rings. The lowest BCUT2D eigenvalue weighted by atomic mass is 10.1. The molecule has 0 saturated heterocycles. The first kappa shape index (κ1) is 14.7. The monoisotopic (exact) mass is 314 g/mol. The maximum absolute atomic E-state index is 12.2. The zero-order valence-electron chi connectivity index (χ0n) is 11.0. The molecule has 2 rings (SSSR count). The Labute approximate surface area is 122 Å². The van der Waals surface area contributed by atoms with Gasteiger partial charge < -0.3 is 5.73 Å². The summed E-state index contributed by atoms with van der Waals surface area (Å²) in [6.45, 7) is 3.96. The van der Waals surface area contributed by atoms with Gasteiger partial charge in [0.15, 0.2) is 5.82 Å². The predicted molar refractivity (Wildman–Crippen MR) is 79.3 cm³/mol. The molecule has 20 heavy (non-hydrogen) atoms. The number of rotatable bonds is 4. The second kappa shape index (κ2) is 5.34. The summed E-state index contributed by atoms with van der Waals surface area (Å²) < 4.78 is 26.7. The number of benzene rings is 1. The van der Waals surface area contributed by atoms with Crippen molar-refractivity contribution in [2.45, 2.75) is 24.7 Å². The number of nitrogens with two attached hydrogens (primary N) is 1. The topological polar surface area (TPSA) is 101 Å². The van der Waals surface area contributed by atoms with Crippen LogP contribution in [0, 0.1) is 0 Å². The Kier molecular flexibility index (Phi) is 3.92. The Hall–Kier alpha value is -1.73. The summed E-state index contributed by atoms with van der Waals surface area (Å²) >= 11 is 5.77. The van der Waals surface area contributed by atoms with E-state index in [1.807, 2.05) is 13.8 Å². The Morgan fingerprint density at radius 3 is 2.60 bits per heavy atom. The summed E-state index contributed by atoms with van der Waals surface area (Å²) in [6, 6.07) is 5.79. The van der Waals surface area contributed by atoms with E-state index >= 15 is 0 Å². The van der Waals surface area contributed by atoms with Gasteiger partial charge in [0, 0.05) is 11.8 Å². The van der Waals surface area contributed by atoms with Crippen molar-refractivity contribution in [2.24, 2.45) is 0 Å². The third-order valence-electron chi connectivity index (χ3n) is 2.74. The lowest BCUT2D eigenvalue weighted by Crippen LogP contribution is -2.13. The van der Waals surface area contributed by atoms with Crippen molar-refractivity contribution in [1.29, 1.82) is 0 Å². The van der Waals surface area contributed by atoms with Crippen molar-refractivity contribution in [2.75, 3.05) is 10.5 Å². The number of anilines is 2. The van der Waals surface area contributed by atoms with Crippen LogP contribution in [0.15, 0.2) is 29.2 Å². The molecule has 0 amide bonds. The minimum absolute atomic E-state index is 0.0356. The second-order valence-electron chi connectivity index (χ2n) is 4.65. The Balaban J connectivity index is 2.28. The molecule has 8 heteroatoms. The molecule has 0 atom stereocenters. The maximum Gasteiger partial charge on any atom is 0.263 e. The number of nitrogen functional groups attached to an aromatic ring is 1. The molecule has 0 saturated carbocycles. The van der Waals surface area contributed by atoms with Gasteiger partial charge in [0.1, 0.15) is 0 Å². The normalized spacial score (nSPS) is 11.8. The maximum atomic E-state index is 12.2. The molecular formula is C12H15ClN4O2S. The molecule has 0 aliphatic heterocycles. The molecule has 1 heterocycles. The molecule has 1 aromatic carbocycles. The van der Waals surface area contributed by atoms with E-state index in [0.29, 0.717) is 5.02 Å². The fourth-order valence-corrected chi connectivity index (χ4v) is 2.71. The summed E-state index contributed by atoms with van der Waals surface area (Å²) in [5, 5.41) is 7.00. The number of aromatic amines is 1. The molecule has 0 spiro atoms. The summed E-state index contributed by atoms with van der Waals surface area (Å²) in [4.78, 5) is 0.0356. The fraction of sp³-hybridized carbons (Fsp3) is 0.250. The van der Waals surface area contributed by atoms with Gasteiger partial charge in [-0.3, -0.25) is 9.82 Å². The van der Waals surface area contributed by atoms with Crippen LogP contribution in [0.4, 0.5) is 11.5 Å². The van der Waals surface area contributed by atoms with E-state index in [9.17, 15) is 8.42 Å². The van der Waals surface area contributed by atoms with E-state index in [0.717, 1.165) is 5.69 Å². The van der Waals surface area contributed by atoms with Crippen molar-refractivity contribution in [3.63, 3.8) is 0 Å². The largest absolute Gasteiger partial charge is 0.397 e. The summed E-state index contributed by atoms with van der Waals surface area (Å²) in [7, 11) is -3.74. The van der Waals surface area contributed by atoms with E-state index in [-0.39, 0.29) is 22.3 Å². The standard InChI is InChI=1S/C12H15ClN4O2S/c1-7(2)11-6-12(16-15-11)17-20(18,19)8-3-4-9(13)10(14)5-8/h3-7H,14H2,1-2H3,(H2,15,16,17). The van der Waals surface area contributed by atoms with Crippen molar-refractivity contribution in [3.8, 4) is 0 Å². The van der Waals surface area contributed by atoms with Gasteiger partial charge in [-0.15, -0.1) is 0 Å². The molecule has 0 radical (unpaired) electrons. The lowest BCUT2D eigenvalue weighted by Gasteiger charge is -2.06. The minimum atomic E-state index is -3.74. The van der Waals surface area contributed by atoms with Crippen molar-refractivity contribution < 1.29 is 8.42 Å². The number of hydrogen-bond acceptors (Lipinski definition) is 4. The van der Waals surface area contributed by atoms with Gasteiger partial charge in [0.2, 0.25) is 0 Å². The van der Waals surface area contributed by atoms with Crippen LogP contribution in [-0.2, 0) is 10.0 Å². The number of H-pyrrole nitrogens is 1. The van der Waals surface area contributed by atoms with Crippen LogP contribution in [0.1, 0.15) is 25.5 Å². The highest BCUT2D eigenvalue weighted by Gasteiger charge is 2.17. The summed E-state index contributed by atoms with van der Waals surface area (Å²) in [5.41, 5.74) is 6.66. The Morgan fingerprint density at radius 2 is 2.05 bits per heavy atom. The van der Waals surface area contributed by atoms with E-state index in [2.05, 4.69) is 14.9 Å². The average molecular weight is 315 g/mol. The van der Waals surface area contributed by atoms with Gasteiger partial charge in [-0.1, -0.05) is 25.4 Å². The molecule has 108 valence electrons. The quantitative estimate of drug-likeness (QED) is 0.755. The van der Waals surface area contributed by atoms with Crippen LogP contribution in [0.5, 0.6) is 0 Å². The number of nitrogens with one attached hydrogen (secondary N) is 2. The molecule has 6 nitrogen and oxygen atoms in total. The first-order valence-electron chi connectivity index (χ1n) is 5.93. The van der Waals surface area contributed by atoms with E-state index in [1.54, 1.807) is 6.07 Å². The van der Waals surface area contributed by atoms with Crippen LogP contribution in [0.3, 0.4) is 0 Å². The van der Waals surface area contributed by atoms with Crippen LogP contribution < -0.4 is 10.5 Å². The molecule has 0 aliphatic rings. The molecule has 1 aromatic heterocycles. The van der Waals surface area contributed by atoms with Crippen LogP contribution in [-0.4, -0.2) is 18.6 Å². The first-order chi connectivity index (χ1) is 9.29. The predicted octanol–water partition coefficient (Wildman–Crippen LogP) is 2.57. The molecule has 4 N–H and O–H groups in total. The number of hydrogen-bond donors (Lipinski definition) is 3. The highest BCUT2D eigenvalue weighted by Crippen LogP contribution is 2.24. The minimum Gasteiger partial charge on any atom is -0.397 e. The van der Waals surface area contributed by atoms with Gasteiger partial charge in [-0.25, -0.2) is 8.42 Å². The third-order valence-corrected chi connectivity index (χ3v) is 4.43. The van der Waals surface area contributed by atoms with Gasteiger partial charge in [-0.05, 0) is 24.1 Å². The average Bonchev–Trinajstić information content (AvgIpc) is 2.80.